The van der Waals surface area contributed by atoms with Gasteiger partial charge in [-0.15, -0.1) is 0 Å². The number of nitrogens with one attached hydrogen (secondary N) is 1. The second-order valence-corrected chi connectivity index (χ2v) is 7.55. The normalized spacial score (nSPS) is 14.9. The molecule has 0 radical (unpaired) electrons. The fourth-order valence-corrected chi connectivity index (χ4v) is 3.83. The maximum Gasteiger partial charge on any atom is 0.260 e. The topological polar surface area (TPSA) is 71.2 Å². The van der Waals surface area contributed by atoms with E-state index in [0.29, 0.717) is 5.56 Å². The van der Waals surface area contributed by atoms with Crippen LogP contribution in [0.2, 0.25) is 0 Å². The van der Waals surface area contributed by atoms with Gasteiger partial charge in [0.1, 0.15) is 5.82 Å². The van der Waals surface area contributed by atoms with Gasteiger partial charge in [-0.3, -0.25) is 9.93 Å². The van der Waals surface area contributed by atoms with Crippen LogP contribution in [-0.4, -0.2) is 24.0 Å². The molecule has 0 saturated carbocycles. The number of aromatic nitrogens is 1. The summed E-state index contributed by atoms with van der Waals surface area (Å²) in [7, 11) is 0. The van der Waals surface area contributed by atoms with Gasteiger partial charge in [-0.1, -0.05) is 18.9 Å². The van der Waals surface area contributed by atoms with Gasteiger partial charge >= 0.3 is 0 Å². The zero-order valence-electron chi connectivity index (χ0n) is 13.9. The Labute approximate surface area is 160 Å². The highest BCUT2D eigenvalue weighted by Gasteiger charge is 2.22. The van der Waals surface area contributed by atoms with Crippen LogP contribution in [0.5, 0.6) is 0 Å². The fourth-order valence-electron chi connectivity index (χ4n) is 3.00. The largest absolute Gasteiger partial charge is 0.356 e. The molecule has 0 bridgehead atoms. The number of halogens is 1. The summed E-state index contributed by atoms with van der Waals surface area (Å²) in [5.74, 6) is 0.580. The molecule has 3 rings (SSSR count). The molecule has 0 spiro atoms. The van der Waals surface area contributed by atoms with Crippen molar-refractivity contribution < 1.29 is 4.79 Å². The standard InChI is InChI=1S/C18H21BrN4OS/c19-15-8-9-21-17(23-10-3-1-2-4-11-23)16(15)18(24)22-13-6-5-7-14(12-13)25-20/h5-9,12H,1-4,10-11,20H2,(H,22,24). The van der Waals surface area contributed by atoms with Gasteiger partial charge in [0.25, 0.3) is 5.91 Å². The molecule has 1 fully saturated rings. The van der Waals surface area contributed by atoms with E-state index in [4.69, 9.17) is 5.14 Å². The van der Waals surface area contributed by atoms with Gasteiger partial charge in [-0.2, -0.15) is 0 Å². The molecular weight excluding hydrogens is 400 g/mol. The van der Waals surface area contributed by atoms with Gasteiger partial charge in [-0.05, 0) is 65.0 Å². The van der Waals surface area contributed by atoms with Gasteiger partial charge in [-0.25, -0.2) is 4.98 Å². The van der Waals surface area contributed by atoms with Crippen LogP contribution in [0.15, 0.2) is 45.9 Å². The quantitative estimate of drug-likeness (QED) is 0.715. The molecule has 0 aliphatic carbocycles. The molecule has 132 valence electrons. The Hall–Kier alpha value is -1.57. The summed E-state index contributed by atoms with van der Waals surface area (Å²) in [6, 6.07) is 9.30. The first-order valence-corrected chi connectivity index (χ1v) is 10.0. The third-order valence-corrected chi connectivity index (χ3v) is 5.43. The number of anilines is 2. The lowest BCUT2D eigenvalue weighted by molar-refractivity contribution is 0.102. The number of hydrogen-bond acceptors (Lipinski definition) is 5. The predicted octanol–water partition coefficient (Wildman–Crippen LogP) is 4.44. The second kappa shape index (κ2) is 8.69. The number of benzene rings is 1. The number of carbonyl (C=O) groups excluding carboxylic acids is 1. The Morgan fingerprint density at radius 2 is 1.96 bits per heavy atom. The lowest BCUT2D eigenvalue weighted by atomic mass is 10.2. The number of carbonyl (C=O) groups is 1. The maximum atomic E-state index is 12.9. The molecule has 0 unspecified atom stereocenters. The molecule has 25 heavy (non-hydrogen) atoms. The van der Waals surface area contributed by atoms with Crippen LogP contribution < -0.4 is 15.4 Å². The number of nitrogens with zero attached hydrogens (tertiary/aromatic N) is 2. The number of hydrogen-bond donors (Lipinski definition) is 2. The third-order valence-electron chi connectivity index (χ3n) is 4.24. The minimum Gasteiger partial charge on any atom is -0.356 e. The summed E-state index contributed by atoms with van der Waals surface area (Å²) < 4.78 is 0.753. The molecule has 3 N–H and O–H groups in total. The van der Waals surface area contributed by atoms with Crippen LogP contribution in [0.25, 0.3) is 0 Å². The van der Waals surface area contributed by atoms with Crippen LogP contribution in [0.4, 0.5) is 11.5 Å². The summed E-state index contributed by atoms with van der Waals surface area (Å²) in [5.41, 5.74) is 1.30. The minimum atomic E-state index is -0.168. The minimum absolute atomic E-state index is 0.168. The molecule has 1 amide bonds. The summed E-state index contributed by atoms with van der Waals surface area (Å²) in [6.07, 6.45) is 6.47. The summed E-state index contributed by atoms with van der Waals surface area (Å²) in [5, 5.41) is 8.57. The average molecular weight is 421 g/mol. The Morgan fingerprint density at radius 1 is 1.20 bits per heavy atom. The summed E-state index contributed by atoms with van der Waals surface area (Å²) in [4.78, 5) is 20.6. The number of amides is 1. The smallest absolute Gasteiger partial charge is 0.260 e. The van der Waals surface area contributed by atoms with Crippen molar-refractivity contribution in [2.45, 2.75) is 30.6 Å². The third kappa shape index (κ3) is 4.54. The van der Waals surface area contributed by atoms with E-state index in [1.807, 2.05) is 30.3 Å². The Morgan fingerprint density at radius 3 is 2.68 bits per heavy atom. The Bertz CT molecular complexity index is 748. The van der Waals surface area contributed by atoms with Crippen molar-refractivity contribution in [3.8, 4) is 0 Å². The Kier molecular flexibility index (Phi) is 6.34. The van der Waals surface area contributed by atoms with Gasteiger partial charge in [0.2, 0.25) is 0 Å². The van der Waals surface area contributed by atoms with Gasteiger partial charge < -0.3 is 10.2 Å². The molecule has 1 saturated heterocycles. The fraction of sp³-hybridized carbons (Fsp3) is 0.333. The van der Waals surface area contributed by atoms with E-state index in [9.17, 15) is 4.79 Å². The molecule has 5 nitrogen and oxygen atoms in total. The van der Waals surface area contributed by atoms with E-state index in [1.54, 1.807) is 6.20 Å². The van der Waals surface area contributed by atoms with Crippen molar-refractivity contribution >= 4 is 45.3 Å². The van der Waals surface area contributed by atoms with E-state index in [2.05, 4.69) is 31.1 Å². The van der Waals surface area contributed by atoms with Crippen LogP contribution in [0.3, 0.4) is 0 Å². The predicted molar refractivity (Wildman–Crippen MR) is 107 cm³/mol. The summed E-state index contributed by atoms with van der Waals surface area (Å²) >= 11 is 4.68. The van der Waals surface area contributed by atoms with Crippen molar-refractivity contribution in [1.29, 1.82) is 0 Å². The van der Waals surface area contributed by atoms with E-state index < -0.39 is 0 Å². The summed E-state index contributed by atoms with van der Waals surface area (Å²) in [6.45, 7) is 1.87. The highest BCUT2D eigenvalue weighted by atomic mass is 79.9. The van der Waals surface area contributed by atoms with Gasteiger partial charge in [0, 0.05) is 34.3 Å². The molecular formula is C18H21BrN4OS. The molecule has 1 aromatic carbocycles. The molecule has 2 heterocycles. The monoisotopic (exact) mass is 420 g/mol. The van der Waals surface area contributed by atoms with Crippen molar-refractivity contribution in [2.75, 3.05) is 23.3 Å². The van der Waals surface area contributed by atoms with Crippen LogP contribution >= 0.6 is 27.9 Å². The number of rotatable bonds is 4. The first-order valence-electron chi connectivity index (χ1n) is 8.36. The first-order chi connectivity index (χ1) is 12.2. The zero-order valence-corrected chi connectivity index (χ0v) is 16.3. The van der Waals surface area contributed by atoms with E-state index in [1.165, 1.54) is 12.8 Å². The van der Waals surface area contributed by atoms with E-state index in [0.717, 1.165) is 58.8 Å². The van der Waals surface area contributed by atoms with Crippen LogP contribution in [0, 0.1) is 0 Å². The Balaban J connectivity index is 1.88. The lowest BCUT2D eigenvalue weighted by Gasteiger charge is -2.24. The number of pyridine rings is 1. The highest BCUT2D eigenvalue weighted by molar-refractivity contribution is 9.10. The lowest BCUT2D eigenvalue weighted by Crippen LogP contribution is -2.28. The average Bonchev–Trinajstić information content (AvgIpc) is 2.91. The van der Waals surface area contributed by atoms with Crippen molar-refractivity contribution in [3.63, 3.8) is 0 Å². The zero-order chi connectivity index (χ0) is 17.6. The van der Waals surface area contributed by atoms with Crippen molar-refractivity contribution in [3.05, 3.63) is 46.6 Å². The SMILES string of the molecule is NSc1cccc(NC(=O)c2c(Br)ccnc2N2CCCCCC2)c1. The molecule has 0 atom stereocenters. The van der Waals surface area contributed by atoms with Crippen LogP contribution in [-0.2, 0) is 0 Å². The molecule has 2 aromatic rings. The molecule has 1 aromatic heterocycles. The molecule has 1 aliphatic rings. The van der Waals surface area contributed by atoms with Crippen molar-refractivity contribution in [1.82, 2.24) is 4.98 Å². The van der Waals surface area contributed by atoms with E-state index in [-0.39, 0.29) is 5.91 Å². The highest BCUT2D eigenvalue weighted by Crippen LogP contribution is 2.29. The first kappa shape index (κ1) is 18.2. The second-order valence-electron chi connectivity index (χ2n) is 5.99. The molecule has 7 heteroatoms. The maximum absolute atomic E-state index is 12.9. The molecule has 1 aliphatic heterocycles. The number of nitrogens with two attached hydrogens (primary N) is 1. The van der Waals surface area contributed by atoms with Gasteiger partial charge in [0.05, 0.1) is 5.56 Å². The van der Waals surface area contributed by atoms with Crippen molar-refractivity contribution in [2.24, 2.45) is 5.14 Å². The van der Waals surface area contributed by atoms with Crippen LogP contribution in [0.1, 0.15) is 36.0 Å². The van der Waals surface area contributed by atoms with Gasteiger partial charge in [0.15, 0.2) is 0 Å². The van der Waals surface area contributed by atoms with E-state index >= 15 is 0 Å².